The number of carbonyl (C=O) groups excluding carboxylic acids is 1. The van der Waals surface area contributed by atoms with E-state index in [4.69, 9.17) is 9.26 Å². The van der Waals surface area contributed by atoms with E-state index in [2.05, 4.69) is 37.8 Å². The molecule has 2 fully saturated rings. The summed E-state index contributed by atoms with van der Waals surface area (Å²) in [5, 5.41) is 19.9. The summed E-state index contributed by atoms with van der Waals surface area (Å²) in [7, 11) is 0. The summed E-state index contributed by atoms with van der Waals surface area (Å²) < 4.78 is 27.4. The Morgan fingerprint density at radius 2 is 2.03 bits per heavy atom. The van der Waals surface area contributed by atoms with Crippen LogP contribution in [-0.2, 0) is 11.3 Å². The number of aromatic nitrogens is 7. The third-order valence-electron chi connectivity index (χ3n) is 7.26. The first-order valence-electron chi connectivity index (χ1n) is 12.7. The zero-order chi connectivity index (χ0) is 26.7. The fraction of sp³-hybridized carbons (Fsp3) is 0.333. The molecule has 1 saturated heterocycles. The maximum Gasteiger partial charge on any atom is 0.259 e. The summed E-state index contributed by atoms with van der Waals surface area (Å²) >= 11 is 0. The van der Waals surface area contributed by atoms with E-state index in [-0.39, 0.29) is 17.2 Å². The molecule has 1 N–H and O–H groups in total. The van der Waals surface area contributed by atoms with E-state index in [0.29, 0.717) is 40.5 Å². The second-order valence-electron chi connectivity index (χ2n) is 10.7. The number of carbonyl (C=O) groups is 1. The normalized spacial score (nSPS) is 19.7. The smallest absolute Gasteiger partial charge is 0.259 e. The van der Waals surface area contributed by atoms with Gasteiger partial charge in [0.15, 0.2) is 0 Å². The number of fused-ring (bicyclic) bond motifs is 1. The summed E-state index contributed by atoms with van der Waals surface area (Å²) in [5.74, 6) is 0.0474. The van der Waals surface area contributed by atoms with Crippen LogP contribution in [0.25, 0.3) is 28.2 Å². The minimum absolute atomic E-state index is 0.0845. The van der Waals surface area contributed by atoms with Crippen LogP contribution in [0.15, 0.2) is 53.4 Å². The maximum atomic E-state index is 13.4. The van der Waals surface area contributed by atoms with E-state index >= 15 is 0 Å². The second kappa shape index (κ2) is 8.80. The van der Waals surface area contributed by atoms with E-state index in [1.807, 2.05) is 48.3 Å². The number of aryl methyl sites for hydroxylation is 1. The molecule has 0 bridgehead atoms. The molecule has 0 radical (unpaired) electrons. The van der Waals surface area contributed by atoms with Crippen molar-refractivity contribution in [2.24, 2.45) is 5.41 Å². The van der Waals surface area contributed by atoms with Crippen LogP contribution in [0.3, 0.4) is 0 Å². The van der Waals surface area contributed by atoms with Gasteiger partial charge in [-0.2, -0.15) is 10.1 Å². The predicted octanol–water partition coefficient (Wildman–Crippen LogP) is 4.07. The quantitative estimate of drug-likeness (QED) is 0.335. The van der Waals surface area contributed by atoms with Crippen molar-refractivity contribution in [1.29, 1.82) is 0 Å². The molecular formula is C27H25FN8O3. The summed E-state index contributed by atoms with van der Waals surface area (Å²) in [6, 6.07) is 9.23. The minimum atomic E-state index is -0.918. The molecule has 1 saturated carbocycles. The molecule has 0 unspecified atom stereocenters. The summed E-state index contributed by atoms with van der Waals surface area (Å²) in [6.07, 6.45) is 4.77. The molecule has 1 aliphatic carbocycles. The lowest BCUT2D eigenvalue weighted by Gasteiger charge is -2.37. The molecule has 7 rings (SSSR count). The van der Waals surface area contributed by atoms with Crippen molar-refractivity contribution in [3.8, 4) is 22.6 Å². The first-order chi connectivity index (χ1) is 18.8. The van der Waals surface area contributed by atoms with Gasteiger partial charge in [-0.15, -0.1) is 5.10 Å². The summed E-state index contributed by atoms with van der Waals surface area (Å²) in [5.41, 5.74) is 4.87. The number of nitrogens with zero attached hydrogens (tertiary/aromatic N) is 7. The van der Waals surface area contributed by atoms with Crippen molar-refractivity contribution >= 4 is 17.1 Å². The Morgan fingerprint density at radius 3 is 2.79 bits per heavy atom. The van der Waals surface area contributed by atoms with Gasteiger partial charge in [-0.05, 0) is 37.1 Å². The Morgan fingerprint density at radius 1 is 1.21 bits per heavy atom. The van der Waals surface area contributed by atoms with E-state index in [1.54, 1.807) is 10.6 Å². The number of ether oxygens (including phenoxy) is 1. The van der Waals surface area contributed by atoms with Gasteiger partial charge in [0.1, 0.15) is 11.9 Å². The van der Waals surface area contributed by atoms with Gasteiger partial charge < -0.3 is 14.6 Å². The molecule has 39 heavy (non-hydrogen) atoms. The van der Waals surface area contributed by atoms with Crippen LogP contribution in [-0.4, -0.2) is 60.0 Å². The zero-order valence-corrected chi connectivity index (χ0v) is 21.3. The molecule has 4 aromatic heterocycles. The number of anilines is 1. The number of nitrogens with one attached hydrogen (secondary N) is 1. The SMILES string of the molecule is Cc1ccc(-c2noc([C@H]3C[C@@H]3F)n2)cc1NC(=O)c1cnn2cc(-c3cn(CC4(C)COC4)nn3)ccc12. The van der Waals surface area contributed by atoms with Gasteiger partial charge in [-0.1, -0.05) is 29.4 Å². The van der Waals surface area contributed by atoms with Gasteiger partial charge in [0.2, 0.25) is 11.7 Å². The molecular weight excluding hydrogens is 503 g/mol. The molecule has 0 spiro atoms. The number of pyridine rings is 1. The van der Waals surface area contributed by atoms with Gasteiger partial charge in [-0.25, -0.2) is 8.91 Å². The van der Waals surface area contributed by atoms with Crippen LogP contribution in [0.4, 0.5) is 10.1 Å². The Balaban J connectivity index is 1.10. The van der Waals surface area contributed by atoms with Crippen molar-refractivity contribution in [1.82, 2.24) is 34.7 Å². The lowest BCUT2D eigenvalue weighted by atomic mass is 9.89. The molecule has 1 aliphatic heterocycles. The van der Waals surface area contributed by atoms with Crippen LogP contribution >= 0.6 is 0 Å². The molecule has 198 valence electrons. The number of hydrogen-bond donors (Lipinski definition) is 1. The number of benzene rings is 1. The summed E-state index contributed by atoms with van der Waals surface area (Å²) in [4.78, 5) is 17.6. The standard InChI is InChI=1S/C27H25FN8O3/c1-15-3-4-16(24-31-26(39-33-24)18-8-20(18)28)7-21(15)30-25(37)19-9-29-36-10-17(5-6-23(19)36)22-11-35(34-32-22)12-27(2)13-38-14-27/h3-7,9-11,18,20H,8,12-14H2,1-2H3,(H,30,37)/t18-,20-/m0/s1. The summed E-state index contributed by atoms with van der Waals surface area (Å²) in [6.45, 7) is 6.23. The molecule has 12 heteroatoms. The van der Waals surface area contributed by atoms with Gasteiger partial charge >= 0.3 is 0 Å². The minimum Gasteiger partial charge on any atom is -0.380 e. The molecule has 11 nitrogen and oxygen atoms in total. The number of hydrogen-bond acceptors (Lipinski definition) is 8. The Hall–Kier alpha value is -4.45. The van der Waals surface area contributed by atoms with Gasteiger partial charge in [-0.3, -0.25) is 9.48 Å². The highest BCUT2D eigenvalue weighted by atomic mass is 19.1. The van der Waals surface area contributed by atoms with Crippen molar-refractivity contribution < 1.29 is 18.4 Å². The Bertz CT molecular complexity index is 1720. The Labute approximate surface area is 222 Å². The first-order valence-corrected chi connectivity index (χ1v) is 12.7. The number of rotatable bonds is 7. The van der Waals surface area contributed by atoms with Crippen molar-refractivity contribution in [2.45, 2.75) is 38.9 Å². The number of alkyl halides is 1. The fourth-order valence-corrected chi connectivity index (χ4v) is 4.76. The largest absolute Gasteiger partial charge is 0.380 e. The van der Waals surface area contributed by atoms with E-state index in [1.165, 1.54) is 6.20 Å². The highest BCUT2D eigenvalue weighted by Crippen LogP contribution is 2.43. The topological polar surface area (TPSA) is 125 Å². The maximum absolute atomic E-state index is 13.4. The third kappa shape index (κ3) is 4.36. The average molecular weight is 529 g/mol. The predicted molar refractivity (Wildman–Crippen MR) is 138 cm³/mol. The van der Waals surface area contributed by atoms with Gasteiger partial charge in [0, 0.05) is 28.4 Å². The highest BCUT2D eigenvalue weighted by molar-refractivity contribution is 6.09. The van der Waals surface area contributed by atoms with E-state index < -0.39 is 6.17 Å². The molecule has 1 aromatic carbocycles. The zero-order valence-electron chi connectivity index (χ0n) is 21.3. The number of amides is 1. The molecule has 2 atom stereocenters. The van der Waals surface area contributed by atoms with Crippen molar-refractivity contribution in [3.63, 3.8) is 0 Å². The molecule has 2 aliphatic rings. The monoisotopic (exact) mass is 528 g/mol. The van der Waals surface area contributed by atoms with Crippen molar-refractivity contribution in [3.05, 3.63) is 65.9 Å². The Kier molecular flexibility index (Phi) is 5.34. The fourth-order valence-electron chi connectivity index (χ4n) is 4.76. The third-order valence-corrected chi connectivity index (χ3v) is 7.26. The van der Waals surface area contributed by atoms with Crippen LogP contribution in [0.5, 0.6) is 0 Å². The lowest BCUT2D eigenvalue weighted by Crippen LogP contribution is -2.43. The van der Waals surface area contributed by atoms with Crippen LogP contribution in [0, 0.1) is 12.3 Å². The molecule has 1 amide bonds. The molecule has 5 aromatic rings. The lowest BCUT2D eigenvalue weighted by molar-refractivity contribution is -0.111. The highest BCUT2D eigenvalue weighted by Gasteiger charge is 2.43. The van der Waals surface area contributed by atoms with E-state index in [0.717, 1.165) is 36.6 Å². The van der Waals surface area contributed by atoms with Crippen molar-refractivity contribution in [2.75, 3.05) is 18.5 Å². The van der Waals surface area contributed by atoms with Crippen LogP contribution < -0.4 is 5.32 Å². The first kappa shape index (κ1) is 23.7. The molecule has 5 heterocycles. The van der Waals surface area contributed by atoms with Crippen LogP contribution in [0.2, 0.25) is 0 Å². The van der Waals surface area contributed by atoms with E-state index in [9.17, 15) is 9.18 Å². The van der Waals surface area contributed by atoms with Gasteiger partial charge in [0.25, 0.3) is 5.91 Å². The average Bonchev–Trinajstić information content (AvgIpc) is 3.34. The van der Waals surface area contributed by atoms with Gasteiger partial charge in [0.05, 0.1) is 49.2 Å². The number of halogens is 1. The van der Waals surface area contributed by atoms with Crippen LogP contribution in [0.1, 0.15) is 41.1 Å². The second-order valence-corrected chi connectivity index (χ2v) is 10.7.